The first-order valence-corrected chi connectivity index (χ1v) is 13.6. The Hall–Kier alpha value is -3.23. The molecule has 2 aromatic heterocycles. The highest BCUT2D eigenvalue weighted by atomic mass is 32.2. The molecule has 1 aliphatic heterocycles. The largest absolute Gasteiger partial charge is 0.503 e. The van der Waals surface area contributed by atoms with E-state index >= 15 is 0 Å². The third-order valence-corrected chi connectivity index (χ3v) is 7.33. The molecule has 2 N–H and O–H groups in total. The summed E-state index contributed by atoms with van der Waals surface area (Å²) in [6, 6.07) is 2.27. The van der Waals surface area contributed by atoms with Gasteiger partial charge in [-0.15, -0.1) is 10.2 Å². The number of rotatable bonds is 7. The second-order valence-electron chi connectivity index (χ2n) is 8.72. The summed E-state index contributed by atoms with van der Waals surface area (Å²) < 4.78 is 54.3. The van der Waals surface area contributed by atoms with Gasteiger partial charge in [0.2, 0.25) is 15.5 Å². The van der Waals surface area contributed by atoms with Crippen LogP contribution < -0.4 is 10.2 Å². The van der Waals surface area contributed by atoms with Gasteiger partial charge in [-0.1, -0.05) is 17.4 Å². The van der Waals surface area contributed by atoms with Crippen LogP contribution in [0.5, 0.6) is 5.75 Å². The van der Waals surface area contributed by atoms with Crippen LogP contribution in [0.25, 0.3) is 10.6 Å². The topological polar surface area (TPSA) is 134 Å². The van der Waals surface area contributed by atoms with Crippen LogP contribution in [0, 0.1) is 11.6 Å². The Bertz CT molecular complexity index is 1500. The van der Waals surface area contributed by atoms with Crippen molar-refractivity contribution in [3.63, 3.8) is 0 Å². The number of nitrogens with one attached hydrogen (secondary N) is 1. The van der Waals surface area contributed by atoms with E-state index in [4.69, 9.17) is 0 Å². The van der Waals surface area contributed by atoms with Crippen LogP contribution >= 0.6 is 11.3 Å². The van der Waals surface area contributed by atoms with E-state index in [0.717, 1.165) is 29.7 Å². The number of carbonyl (C=O) groups is 1. The van der Waals surface area contributed by atoms with Crippen molar-refractivity contribution in [3.8, 4) is 16.3 Å². The van der Waals surface area contributed by atoms with Gasteiger partial charge in [-0.25, -0.2) is 21.9 Å². The van der Waals surface area contributed by atoms with Crippen LogP contribution in [0.15, 0.2) is 29.2 Å². The van der Waals surface area contributed by atoms with Crippen LogP contribution in [0.4, 0.5) is 8.78 Å². The van der Waals surface area contributed by atoms with E-state index < -0.39 is 44.8 Å². The van der Waals surface area contributed by atoms with E-state index in [0.29, 0.717) is 5.01 Å². The molecule has 0 spiro atoms. The van der Waals surface area contributed by atoms with Crippen LogP contribution in [0.1, 0.15) is 34.9 Å². The number of hydrogen-bond donors (Lipinski definition) is 2. The Kier molecular flexibility index (Phi) is 6.94. The summed E-state index contributed by atoms with van der Waals surface area (Å²) in [5.41, 5.74) is -0.835. The fraction of sp³-hybridized carbons (Fsp3) is 0.364. The first kappa shape index (κ1) is 25.9. The Balaban J connectivity index is 1.70. The lowest BCUT2D eigenvalue weighted by Gasteiger charge is -2.40. The lowest BCUT2D eigenvalue weighted by atomic mass is 10.1. The molecule has 0 unspecified atom stereocenters. The van der Waals surface area contributed by atoms with Crippen molar-refractivity contribution in [1.29, 1.82) is 0 Å². The average molecular weight is 540 g/mol. The number of aromatic hydroxyl groups is 1. The minimum Gasteiger partial charge on any atom is -0.503 e. The molecular weight excluding hydrogens is 516 g/mol. The third-order valence-electron chi connectivity index (χ3n) is 5.69. The molecule has 1 amide bonds. The van der Waals surface area contributed by atoms with Gasteiger partial charge >= 0.3 is 0 Å². The normalized spacial score (nSPS) is 16.0. The van der Waals surface area contributed by atoms with Gasteiger partial charge in [0, 0.05) is 37.8 Å². The first-order chi connectivity index (χ1) is 16.9. The Morgan fingerprint density at radius 1 is 1.25 bits per heavy atom. The summed E-state index contributed by atoms with van der Waals surface area (Å²) in [5.74, 6) is -2.80. The number of halogens is 2. The van der Waals surface area contributed by atoms with Crippen molar-refractivity contribution in [3.05, 3.63) is 62.5 Å². The molecule has 1 aliphatic rings. The van der Waals surface area contributed by atoms with Gasteiger partial charge in [0.15, 0.2) is 16.5 Å². The zero-order chi connectivity index (χ0) is 26.4. The number of pyridine rings is 1. The molecule has 4 rings (SSSR count). The molecule has 36 heavy (non-hydrogen) atoms. The fourth-order valence-corrected chi connectivity index (χ4v) is 5.47. The highest BCUT2D eigenvalue weighted by molar-refractivity contribution is 7.88. The summed E-state index contributed by atoms with van der Waals surface area (Å²) in [5, 5.41) is 19.2. The zero-order valence-electron chi connectivity index (χ0n) is 19.5. The number of amides is 1. The van der Waals surface area contributed by atoms with Crippen LogP contribution in [-0.2, 0) is 23.0 Å². The van der Waals surface area contributed by atoms with Gasteiger partial charge in [0.25, 0.3) is 5.91 Å². The maximum Gasteiger partial charge on any atom is 0.275 e. The molecule has 14 heteroatoms. The van der Waals surface area contributed by atoms with Crippen LogP contribution in [-0.4, -0.2) is 64.0 Å². The van der Waals surface area contributed by atoms with Crippen molar-refractivity contribution >= 4 is 27.3 Å². The maximum atomic E-state index is 14.0. The fourth-order valence-electron chi connectivity index (χ4n) is 4.10. The number of benzene rings is 1. The van der Waals surface area contributed by atoms with Gasteiger partial charge in [0.05, 0.1) is 17.9 Å². The predicted octanol–water partition coefficient (Wildman–Crippen LogP) is 1.72. The van der Waals surface area contributed by atoms with E-state index in [2.05, 4.69) is 14.9 Å². The monoisotopic (exact) mass is 539 g/mol. The molecular formula is C22H23F2N5O5S2. The Labute approximate surface area is 209 Å². The lowest BCUT2D eigenvalue weighted by Crippen LogP contribution is -2.55. The number of fused-ring (bicyclic) bond motifs is 1. The maximum absolute atomic E-state index is 14.0. The van der Waals surface area contributed by atoms with Crippen LogP contribution in [0.3, 0.4) is 0 Å². The molecule has 0 bridgehead atoms. The molecule has 0 saturated carbocycles. The highest BCUT2D eigenvalue weighted by Gasteiger charge is 2.37. The first-order valence-electron chi connectivity index (χ1n) is 10.9. The summed E-state index contributed by atoms with van der Waals surface area (Å²) in [4.78, 5) is 27.6. The summed E-state index contributed by atoms with van der Waals surface area (Å²) >= 11 is 0.994. The summed E-state index contributed by atoms with van der Waals surface area (Å²) in [6.07, 6.45) is 2.41. The number of nitrogens with zero attached hydrogens (tertiary/aromatic N) is 4. The van der Waals surface area contributed by atoms with Gasteiger partial charge in [-0.05, 0) is 25.5 Å². The Morgan fingerprint density at radius 3 is 2.61 bits per heavy atom. The van der Waals surface area contributed by atoms with Crippen molar-refractivity contribution in [2.45, 2.75) is 38.9 Å². The number of aromatic nitrogens is 3. The van der Waals surface area contributed by atoms with Crippen molar-refractivity contribution < 1.29 is 27.1 Å². The molecule has 10 nitrogen and oxygen atoms in total. The van der Waals surface area contributed by atoms with E-state index in [1.807, 2.05) is 0 Å². The third kappa shape index (κ3) is 5.15. The molecule has 192 valence electrons. The number of hydrogen-bond acceptors (Lipinski definition) is 8. The number of carbonyl (C=O) groups excluding carboxylic acids is 1. The number of sulfonamides is 1. The lowest BCUT2D eigenvalue weighted by molar-refractivity contribution is 0.0510. The standard InChI is InChI=1S/C22H23F2N5O5S2/c1-11(2)29-14(8-25-36(3,33)34)9-28-10-15(19(30)20(31)18(28)22(29)32)21-27-26-17(35-21)6-12-4-5-13(23)7-16(12)24/h4-5,7,10-11,14,25,31H,6,8-9H2,1-3H3/t14-/m1/s1. The molecule has 1 aromatic carbocycles. The SMILES string of the molecule is CC(C)N1C(=O)c2c(O)c(=O)c(-c3nnc(Cc4ccc(F)cc4F)s3)cn2C[C@H]1CNS(C)(=O)=O. The second-order valence-corrected chi connectivity index (χ2v) is 11.6. The molecule has 1 atom stereocenters. The Morgan fingerprint density at radius 2 is 1.97 bits per heavy atom. The molecule has 0 fully saturated rings. The van der Waals surface area contributed by atoms with E-state index in [1.165, 1.54) is 21.7 Å². The molecule has 3 heterocycles. The molecule has 0 saturated heterocycles. The van der Waals surface area contributed by atoms with E-state index in [1.54, 1.807) is 13.8 Å². The molecule has 0 radical (unpaired) electrons. The smallest absolute Gasteiger partial charge is 0.275 e. The van der Waals surface area contributed by atoms with Gasteiger partial charge in [-0.3, -0.25) is 9.59 Å². The van der Waals surface area contributed by atoms with Gasteiger partial charge in [-0.2, -0.15) is 0 Å². The zero-order valence-corrected chi connectivity index (χ0v) is 21.2. The summed E-state index contributed by atoms with van der Waals surface area (Å²) in [7, 11) is -3.52. The van der Waals surface area contributed by atoms with Gasteiger partial charge in [0.1, 0.15) is 16.6 Å². The second kappa shape index (κ2) is 9.67. The van der Waals surface area contributed by atoms with Crippen molar-refractivity contribution in [2.75, 3.05) is 12.8 Å². The molecule has 3 aromatic rings. The van der Waals surface area contributed by atoms with Crippen molar-refractivity contribution in [1.82, 2.24) is 24.4 Å². The van der Waals surface area contributed by atoms with Gasteiger partial charge < -0.3 is 14.6 Å². The van der Waals surface area contributed by atoms with Crippen molar-refractivity contribution in [2.24, 2.45) is 0 Å². The minimum atomic E-state index is -3.52. The summed E-state index contributed by atoms with van der Waals surface area (Å²) in [6.45, 7) is 3.54. The highest BCUT2D eigenvalue weighted by Crippen LogP contribution is 2.30. The van der Waals surface area contributed by atoms with E-state index in [9.17, 15) is 31.9 Å². The molecule has 0 aliphatic carbocycles. The van der Waals surface area contributed by atoms with Crippen LogP contribution in [0.2, 0.25) is 0 Å². The average Bonchev–Trinajstić information content (AvgIpc) is 3.24. The predicted molar refractivity (Wildman–Crippen MR) is 128 cm³/mol. The quantitative estimate of drug-likeness (QED) is 0.467. The minimum absolute atomic E-state index is 0.0137. The van der Waals surface area contributed by atoms with E-state index in [-0.39, 0.29) is 47.4 Å².